The summed E-state index contributed by atoms with van der Waals surface area (Å²) in [5, 5.41) is 0. The first-order valence-electron chi connectivity index (χ1n) is 6.88. The number of esters is 1. The molecule has 1 aromatic rings. The van der Waals surface area contributed by atoms with E-state index >= 15 is 0 Å². The molecule has 0 spiro atoms. The summed E-state index contributed by atoms with van der Waals surface area (Å²) in [5.41, 5.74) is -0.367. The van der Waals surface area contributed by atoms with Crippen LogP contribution < -0.4 is 0 Å². The summed E-state index contributed by atoms with van der Waals surface area (Å²) < 4.78 is 16.7. The van der Waals surface area contributed by atoms with E-state index in [4.69, 9.17) is 13.9 Å². The molecule has 3 saturated heterocycles. The number of furan rings is 1. The van der Waals surface area contributed by atoms with Crippen molar-refractivity contribution in [2.75, 3.05) is 13.2 Å². The molecule has 3 aliphatic heterocycles. The van der Waals surface area contributed by atoms with Gasteiger partial charge < -0.3 is 13.9 Å². The number of carbonyl (C=O) groups excluding carboxylic acids is 1. The van der Waals surface area contributed by atoms with Crippen molar-refractivity contribution in [1.82, 2.24) is 4.90 Å². The average molecular weight is 263 g/mol. The highest BCUT2D eigenvalue weighted by atomic mass is 16.7. The average Bonchev–Trinajstić information content (AvgIpc) is 3.07. The van der Waals surface area contributed by atoms with Crippen molar-refractivity contribution >= 4 is 5.97 Å². The number of nitrogens with zero attached hydrogens (tertiary/aromatic N) is 1. The van der Waals surface area contributed by atoms with Crippen molar-refractivity contribution in [2.45, 2.75) is 43.6 Å². The van der Waals surface area contributed by atoms with Crippen molar-refractivity contribution in [1.29, 1.82) is 0 Å². The van der Waals surface area contributed by atoms with Gasteiger partial charge in [-0.3, -0.25) is 9.69 Å². The maximum atomic E-state index is 11.8. The molecule has 4 heterocycles. The van der Waals surface area contributed by atoms with E-state index in [2.05, 4.69) is 4.90 Å². The Labute approximate surface area is 111 Å². The Bertz CT molecular complexity index is 486. The fourth-order valence-corrected chi connectivity index (χ4v) is 3.79. The molecule has 0 bridgehead atoms. The number of fused-ring (bicyclic) bond motifs is 3. The molecule has 5 heteroatoms. The Kier molecular flexibility index (Phi) is 2.47. The van der Waals surface area contributed by atoms with Gasteiger partial charge in [0.05, 0.1) is 19.3 Å². The van der Waals surface area contributed by atoms with Crippen LogP contribution in [0, 0.1) is 0 Å². The largest absolute Gasteiger partial charge is 0.469 e. The minimum atomic E-state index is -0.445. The molecule has 4 rings (SSSR count). The van der Waals surface area contributed by atoms with E-state index in [9.17, 15) is 4.79 Å². The van der Waals surface area contributed by atoms with Crippen molar-refractivity contribution in [3.8, 4) is 0 Å². The van der Waals surface area contributed by atoms with Gasteiger partial charge in [-0.2, -0.15) is 0 Å². The summed E-state index contributed by atoms with van der Waals surface area (Å²) in [5.74, 6) is 0.726. The molecule has 3 atom stereocenters. The topological polar surface area (TPSA) is 51.9 Å². The molecule has 0 amide bonds. The van der Waals surface area contributed by atoms with Crippen molar-refractivity contribution in [2.24, 2.45) is 0 Å². The van der Waals surface area contributed by atoms with Gasteiger partial charge in [0.2, 0.25) is 6.29 Å². The molecule has 3 fully saturated rings. The summed E-state index contributed by atoms with van der Waals surface area (Å²) in [4.78, 5) is 14.2. The molecule has 3 aliphatic rings. The van der Waals surface area contributed by atoms with Crippen LogP contribution >= 0.6 is 0 Å². The molecule has 0 radical (unpaired) electrons. The number of carbonyl (C=O) groups is 1. The summed E-state index contributed by atoms with van der Waals surface area (Å²) in [6.07, 6.45) is 4.60. The van der Waals surface area contributed by atoms with Crippen LogP contribution in [0.5, 0.6) is 0 Å². The van der Waals surface area contributed by atoms with Gasteiger partial charge in [-0.1, -0.05) is 0 Å². The standard InChI is InChI=1S/C14H17NO4/c16-12-8-14(7-11-4-2-6-17-11)13(19-12)18-9-10-3-1-5-15(10)14/h2,4,6,10,13H,1,3,5,7-9H2/t10-,13-,14+/m0/s1. The lowest BCUT2D eigenvalue weighted by Gasteiger charge is -2.47. The number of hydrogen-bond donors (Lipinski definition) is 0. The van der Waals surface area contributed by atoms with Crippen LogP contribution in [0.1, 0.15) is 25.0 Å². The van der Waals surface area contributed by atoms with Gasteiger partial charge in [0.15, 0.2) is 0 Å². The summed E-state index contributed by atoms with van der Waals surface area (Å²) in [7, 11) is 0. The zero-order valence-electron chi connectivity index (χ0n) is 10.7. The van der Waals surface area contributed by atoms with Crippen LogP contribution in [0.3, 0.4) is 0 Å². The van der Waals surface area contributed by atoms with Crippen LogP contribution in [0.4, 0.5) is 0 Å². The molecule has 1 aromatic heterocycles. The number of rotatable bonds is 2. The van der Waals surface area contributed by atoms with Gasteiger partial charge in [-0.05, 0) is 31.5 Å². The molecule has 0 saturated carbocycles. The third kappa shape index (κ3) is 1.65. The molecule has 5 nitrogen and oxygen atoms in total. The molecule has 0 aromatic carbocycles. The molecule has 0 unspecified atom stereocenters. The molecule has 0 N–H and O–H groups in total. The monoisotopic (exact) mass is 263 g/mol. The minimum Gasteiger partial charge on any atom is -0.469 e. The van der Waals surface area contributed by atoms with Gasteiger partial charge in [-0.25, -0.2) is 0 Å². The van der Waals surface area contributed by atoms with E-state index < -0.39 is 6.29 Å². The molecular formula is C14H17NO4. The molecule has 19 heavy (non-hydrogen) atoms. The highest BCUT2D eigenvalue weighted by Gasteiger charge is 2.59. The van der Waals surface area contributed by atoms with Crippen LogP contribution in [-0.4, -0.2) is 41.9 Å². The Hall–Kier alpha value is -1.33. The van der Waals surface area contributed by atoms with E-state index in [1.807, 2.05) is 12.1 Å². The minimum absolute atomic E-state index is 0.163. The lowest BCUT2D eigenvalue weighted by atomic mass is 9.87. The van der Waals surface area contributed by atoms with Gasteiger partial charge >= 0.3 is 5.97 Å². The van der Waals surface area contributed by atoms with Gasteiger partial charge in [0.25, 0.3) is 0 Å². The first-order chi connectivity index (χ1) is 9.28. The third-order valence-electron chi connectivity index (χ3n) is 4.58. The number of hydrogen-bond acceptors (Lipinski definition) is 5. The van der Waals surface area contributed by atoms with Crippen LogP contribution in [0.15, 0.2) is 22.8 Å². The van der Waals surface area contributed by atoms with E-state index in [-0.39, 0.29) is 11.5 Å². The second-order valence-corrected chi connectivity index (χ2v) is 5.68. The van der Waals surface area contributed by atoms with E-state index in [1.54, 1.807) is 6.26 Å². The summed E-state index contributed by atoms with van der Waals surface area (Å²) in [6.45, 7) is 1.68. The highest BCUT2D eigenvalue weighted by Crippen LogP contribution is 2.44. The van der Waals surface area contributed by atoms with Crippen LogP contribution in [0.25, 0.3) is 0 Å². The lowest BCUT2D eigenvalue weighted by molar-refractivity contribution is -0.217. The Balaban J connectivity index is 1.71. The van der Waals surface area contributed by atoms with Crippen molar-refractivity contribution < 1.29 is 18.7 Å². The maximum absolute atomic E-state index is 11.8. The summed E-state index contributed by atoms with van der Waals surface area (Å²) >= 11 is 0. The van der Waals surface area contributed by atoms with Gasteiger partial charge in [-0.15, -0.1) is 0 Å². The normalized spacial score (nSPS) is 38.0. The second-order valence-electron chi connectivity index (χ2n) is 5.68. The zero-order valence-corrected chi connectivity index (χ0v) is 10.7. The smallest absolute Gasteiger partial charge is 0.310 e. The first kappa shape index (κ1) is 11.5. The van der Waals surface area contributed by atoms with Crippen LogP contribution in [-0.2, 0) is 20.7 Å². The van der Waals surface area contributed by atoms with Crippen molar-refractivity contribution in [3.63, 3.8) is 0 Å². The molecule has 0 aliphatic carbocycles. The first-order valence-corrected chi connectivity index (χ1v) is 6.88. The fraction of sp³-hybridized carbons (Fsp3) is 0.643. The Morgan fingerprint density at radius 1 is 1.47 bits per heavy atom. The van der Waals surface area contributed by atoms with Gasteiger partial charge in [0, 0.05) is 12.5 Å². The van der Waals surface area contributed by atoms with Crippen LogP contribution in [0.2, 0.25) is 0 Å². The van der Waals surface area contributed by atoms with E-state index in [0.29, 0.717) is 25.5 Å². The van der Waals surface area contributed by atoms with E-state index in [0.717, 1.165) is 25.1 Å². The molecular weight excluding hydrogens is 246 g/mol. The third-order valence-corrected chi connectivity index (χ3v) is 4.58. The SMILES string of the molecule is O=C1C[C@]2(Cc3ccco3)[C@@H](OC[C@@H]3CCCN32)O1. The van der Waals surface area contributed by atoms with E-state index in [1.165, 1.54) is 0 Å². The summed E-state index contributed by atoms with van der Waals surface area (Å²) in [6, 6.07) is 4.25. The lowest BCUT2D eigenvalue weighted by Crippen LogP contribution is -2.63. The number of ether oxygens (including phenoxy) is 2. The van der Waals surface area contributed by atoms with Crippen molar-refractivity contribution in [3.05, 3.63) is 24.2 Å². The Morgan fingerprint density at radius 3 is 3.26 bits per heavy atom. The highest BCUT2D eigenvalue weighted by molar-refractivity contribution is 5.74. The quantitative estimate of drug-likeness (QED) is 0.753. The number of morpholine rings is 1. The molecule has 102 valence electrons. The fourth-order valence-electron chi connectivity index (χ4n) is 3.79. The maximum Gasteiger partial charge on any atom is 0.310 e. The zero-order chi connectivity index (χ0) is 12.9. The predicted molar refractivity (Wildman–Crippen MR) is 65.3 cm³/mol. The van der Waals surface area contributed by atoms with Gasteiger partial charge in [0.1, 0.15) is 11.3 Å². The predicted octanol–water partition coefficient (Wildman–Crippen LogP) is 1.33. The Morgan fingerprint density at radius 2 is 2.42 bits per heavy atom. The second kappa shape index (κ2) is 4.08.